The van der Waals surface area contributed by atoms with Crippen molar-refractivity contribution in [1.29, 1.82) is 0 Å². The summed E-state index contributed by atoms with van der Waals surface area (Å²) >= 11 is 0. The Morgan fingerprint density at radius 2 is 1.68 bits per heavy atom. The van der Waals surface area contributed by atoms with Gasteiger partial charge in [-0.05, 0) is 69.7 Å². The largest absolute Gasteiger partial charge is 0.508 e. The van der Waals surface area contributed by atoms with Crippen LogP contribution in [-0.2, 0) is 16.1 Å². The summed E-state index contributed by atoms with van der Waals surface area (Å²) in [6.45, 7) is 9.23. The van der Waals surface area contributed by atoms with E-state index in [1.165, 1.54) is 37.7 Å². The van der Waals surface area contributed by atoms with Crippen LogP contribution in [0.3, 0.4) is 0 Å². The molecule has 1 saturated carbocycles. The van der Waals surface area contributed by atoms with Crippen LogP contribution in [0.4, 0.5) is 0 Å². The van der Waals surface area contributed by atoms with Crippen LogP contribution in [-0.4, -0.2) is 67.7 Å². The van der Waals surface area contributed by atoms with Crippen molar-refractivity contribution in [2.45, 2.75) is 103 Å². The summed E-state index contributed by atoms with van der Waals surface area (Å²) in [7, 11) is 0. The number of hydrogen-bond donors (Lipinski definition) is 2. The number of amides is 2. The van der Waals surface area contributed by atoms with E-state index in [1.807, 2.05) is 28.6 Å². The van der Waals surface area contributed by atoms with Crippen molar-refractivity contribution in [1.82, 2.24) is 24.9 Å². The summed E-state index contributed by atoms with van der Waals surface area (Å²) in [6.07, 6.45) is 10.2. The lowest BCUT2D eigenvalue weighted by molar-refractivity contribution is -0.162. The van der Waals surface area contributed by atoms with Gasteiger partial charge < -0.3 is 15.3 Å². The minimum Gasteiger partial charge on any atom is -0.508 e. The molecule has 10 heteroatoms. The zero-order valence-electron chi connectivity index (χ0n) is 24.7. The van der Waals surface area contributed by atoms with E-state index in [-0.39, 0.29) is 48.4 Å². The Morgan fingerprint density at radius 1 is 1.02 bits per heavy atom. The van der Waals surface area contributed by atoms with Gasteiger partial charge in [0.25, 0.3) is 0 Å². The number of phenols is 1. The van der Waals surface area contributed by atoms with E-state index in [1.54, 1.807) is 12.1 Å². The molecule has 0 bridgehead atoms. The zero-order valence-corrected chi connectivity index (χ0v) is 26.4. The molecule has 2 amide bonds. The van der Waals surface area contributed by atoms with Gasteiger partial charge in [-0.1, -0.05) is 45.4 Å². The van der Waals surface area contributed by atoms with Crippen LogP contribution in [0, 0.1) is 19.8 Å². The van der Waals surface area contributed by atoms with Crippen molar-refractivity contribution in [3.63, 3.8) is 0 Å². The van der Waals surface area contributed by atoms with Gasteiger partial charge in [0.05, 0.1) is 11.4 Å². The number of benzene rings is 1. The second kappa shape index (κ2) is 14.3. The van der Waals surface area contributed by atoms with Gasteiger partial charge in [0, 0.05) is 37.4 Å². The van der Waals surface area contributed by atoms with Crippen molar-refractivity contribution < 1.29 is 14.7 Å². The van der Waals surface area contributed by atoms with Crippen LogP contribution >= 0.6 is 24.8 Å². The molecule has 2 aliphatic heterocycles. The molecule has 0 unspecified atom stereocenters. The Balaban J connectivity index is 0.00000231. The van der Waals surface area contributed by atoms with E-state index in [9.17, 15) is 14.7 Å². The maximum atomic E-state index is 13.8. The SMILES string of the molecule is CCCCN1C(=O)[C@H](CC2CCCCC2)NC(=O)C12CCN(Cc1c(C)nn(-c3ccc(O)cc3)c1C)CC2.Cl.Cl. The molecule has 3 aliphatic rings. The Hall–Kier alpha value is -2.29. The Morgan fingerprint density at radius 3 is 2.32 bits per heavy atom. The summed E-state index contributed by atoms with van der Waals surface area (Å²) in [5.74, 6) is 0.988. The van der Waals surface area contributed by atoms with Gasteiger partial charge in [0.2, 0.25) is 11.8 Å². The number of hydrogen-bond acceptors (Lipinski definition) is 5. The van der Waals surface area contributed by atoms with Gasteiger partial charge in [0.15, 0.2) is 0 Å². The average molecular weight is 609 g/mol. The standard InChI is InChI=1S/C31H45N5O3.2ClH/c1-4-5-17-35-29(38)28(20-24-9-7-6-8-10-24)32-30(39)31(35)15-18-34(19-16-31)21-27-22(2)33-36(23(27)3)25-11-13-26(37)14-12-25;;/h11-14,24,28,37H,4-10,15-21H2,1-3H3,(H,32,39);2*1H/t28-;;/m0../s1. The van der Waals surface area contributed by atoms with Crippen LogP contribution in [0.25, 0.3) is 5.69 Å². The van der Waals surface area contributed by atoms with Crippen molar-refractivity contribution in [2.24, 2.45) is 5.92 Å². The molecule has 3 fully saturated rings. The molecular formula is C31H47Cl2N5O3. The number of phenolic OH excluding ortho intramolecular Hbond substituents is 1. The second-order valence-corrected chi connectivity index (χ2v) is 12.0. The van der Waals surface area contributed by atoms with Crippen molar-refractivity contribution in [3.8, 4) is 11.4 Å². The molecule has 2 N–H and O–H groups in total. The van der Waals surface area contributed by atoms with E-state index < -0.39 is 5.54 Å². The first-order valence-electron chi connectivity index (χ1n) is 15.0. The predicted octanol–water partition coefficient (Wildman–Crippen LogP) is 5.47. The molecular weight excluding hydrogens is 561 g/mol. The molecule has 1 aliphatic carbocycles. The third-order valence-electron chi connectivity index (χ3n) is 9.44. The number of piperazine rings is 1. The first-order chi connectivity index (χ1) is 18.8. The number of carbonyl (C=O) groups is 2. The minimum absolute atomic E-state index is 0. The molecule has 1 spiro atoms. The fourth-order valence-electron chi connectivity index (χ4n) is 6.98. The Labute approximate surface area is 257 Å². The highest BCUT2D eigenvalue weighted by Gasteiger charge is 2.53. The molecule has 1 aromatic heterocycles. The van der Waals surface area contributed by atoms with Crippen molar-refractivity contribution in [2.75, 3.05) is 19.6 Å². The van der Waals surface area contributed by atoms with Crippen molar-refractivity contribution in [3.05, 3.63) is 41.2 Å². The summed E-state index contributed by atoms with van der Waals surface area (Å²) in [4.78, 5) is 31.9. The van der Waals surface area contributed by atoms with Crippen LogP contribution in [0.2, 0.25) is 0 Å². The van der Waals surface area contributed by atoms with Gasteiger partial charge in [-0.2, -0.15) is 5.10 Å². The highest BCUT2D eigenvalue weighted by molar-refractivity contribution is 6.00. The number of nitrogens with zero attached hydrogens (tertiary/aromatic N) is 4. The highest BCUT2D eigenvalue weighted by atomic mass is 35.5. The van der Waals surface area contributed by atoms with Gasteiger partial charge in [-0.15, -0.1) is 24.8 Å². The monoisotopic (exact) mass is 607 g/mol. The number of unbranched alkanes of at least 4 members (excludes halogenated alkanes) is 1. The van der Waals surface area contributed by atoms with Gasteiger partial charge in [0.1, 0.15) is 17.3 Å². The lowest BCUT2D eigenvalue weighted by Crippen LogP contribution is -2.73. The smallest absolute Gasteiger partial charge is 0.246 e. The number of halogens is 2. The van der Waals surface area contributed by atoms with Crippen LogP contribution in [0.1, 0.15) is 88.1 Å². The number of likely N-dealkylation sites (tertiary alicyclic amines) is 1. The quantitative estimate of drug-likeness (QED) is 0.415. The van der Waals surface area contributed by atoms with E-state index in [0.29, 0.717) is 25.3 Å². The first kappa shape index (κ1) is 33.2. The topological polar surface area (TPSA) is 90.7 Å². The number of piperidine rings is 1. The first-order valence-corrected chi connectivity index (χ1v) is 15.0. The fourth-order valence-corrected chi connectivity index (χ4v) is 6.98. The lowest BCUT2D eigenvalue weighted by Gasteiger charge is -2.52. The fraction of sp³-hybridized carbons (Fsp3) is 0.645. The number of nitrogens with one attached hydrogen (secondary N) is 1. The highest BCUT2D eigenvalue weighted by Crippen LogP contribution is 2.36. The maximum absolute atomic E-state index is 13.8. The molecule has 2 aromatic rings. The van der Waals surface area contributed by atoms with E-state index in [0.717, 1.165) is 56.0 Å². The third kappa shape index (κ3) is 6.86. The number of aromatic nitrogens is 2. The van der Waals surface area contributed by atoms with Crippen LogP contribution in [0.5, 0.6) is 5.75 Å². The van der Waals surface area contributed by atoms with E-state index in [4.69, 9.17) is 5.10 Å². The maximum Gasteiger partial charge on any atom is 0.246 e. The number of rotatable bonds is 8. The Kier molecular flexibility index (Phi) is 11.5. The van der Waals surface area contributed by atoms with E-state index in [2.05, 4.69) is 24.1 Å². The zero-order chi connectivity index (χ0) is 27.6. The van der Waals surface area contributed by atoms with Gasteiger partial charge in [-0.3, -0.25) is 14.5 Å². The summed E-state index contributed by atoms with van der Waals surface area (Å²) < 4.78 is 1.93. The molecule has 3 heterocycles. The molecule has 1 aromatic carbocycles. The molecule has 41 heavy (non-hydrogen) atoms. The molecule has 0 radical (unpaired) electrons. The van der Waals surface area contributed by atoms with E-state index >= 15 is 0 Å². The summed E-state index contributed by atoms with van der Waals surface area (Å²) in [5, 5.41) is 17.6. The van der Waals surface area contributed by atoms with Crippen molar-refractivity contribution >= 4 is 36.6 Å². The summed E-state index contributed by atoms with van der Waals surface area (Å²) in [5.41, 5.74) is 3.45. The minimum atomic E-state index is -0.730. The molecule has 8 nitrogen and oxygen atoms in total. The normalized spacial score (nSPS) is 21.3. The molecule has 2 saturated heterocycles. The third-order valence-corrected chi connectivity index (χ3v) is 9.44. The number of carbonyl (C=O) groups excluding carboxylic acids is 2. The van der Waals surface area contributed by atoms with Crippen LogP contribution in [0.15, 0.2) is 24.3 Å². The van der Waals surface area contributed by atoms with Gasteiger partial charge in [-0.25, -0.2) is 4.68 Å². The van der Waals surface area contributed by atoms with Gasteiger partial charge >= 0.3 is 0 Å². The number of aromatic hydroxyl groups is 1. The Bertz CT molecular complexity index is 1170. The lowest BCUT2D eigenvalue weighted by atomic mass is 9.79. The predicted molar refractivity (Wildman–Crippen MR) is 166 cm³/mol. The number of aryl methyl sites for hydroxylation is 1. The molecule has 1 atom stereocenters. The summed E-state index contributed by atoms with van der Waals surface area (Å²) in [6, 6.07) is 6.73. The molecule has 5 rings (SSSR count). The van der Waals surface area contributed by atoms with Crippen LogP contribution < -0.4 is 5.32 Å². The average Bonchev–Trinajstić information content (AvgIpc) is 3.22. The molecule has 228 valence electrons. The second-order valence-electron chi connectivity index (χ2n) is 12.0.